The minimum Gasteiger partial charge on any atom is -0.481 e. The van der Waals surface area contributed by atoms with Crippen molar-refractivity contribution >= 4 is 30.1 Å². The molecule has 1 N–H and O–H groups in total. The third-order valence-electron chi connectivity index (χ3n) is 7.63. The lowest BCUT2D eigenvalue weighted by Gasteiger charge is -2.34. The molecule has 2 heterocycles. The van der Waals surface area contributed by atoms with Crippen LogP contribution >= 0.6 is 12.4 Å². The normalized spacial score (nSPS) is 25.8. The van der Waals surface area contributed by atoms with E-state index in [1.165, 1.54) is 11.1 Å². The van der Waals surface area contributed by atoms with Gasteiger partial charge in [-0.2, -0.15) is 0 Å². The van der Waals surface area contributed by atoms with Crippen molar-refractivity contribution in [2.24, 2.45) is 5.92 Å². The van der Waals surface area contributed by atoms with Crippen molar-refractivity contribution in [3.63, 3.8) is 0 Å². The fraction of sp³-hybridized carbons (Fsp3) is 0.680. The van der Waals surface area contributed by atoms with Crippen LogP contribution in [0, 0.1) is 5.92 Å². The van der Waals surface area contributed by atoms with E-state index < -0.39 is 5.97 Å². The molecule has 1 aromatic carbocycles. The van der Waals surface area contributed by atoms with Gasteiger partial charge in [-0.3, -0.25) is 9.69 Å². The number of hydrogen-bond acceptors (Lipinski definition) is 3. The summed E-state index contributed by atoms with van der Waals surface area (Å²) in [5.74, 6) is -0.214. The van der Waals surface area contributed by atoms with Gasteiger partial charge in [-0.05, 0) is 74.8 Å². The van der Waals surface area contributed by atoms with Crippen molar-refractivity contribution in [3.8, 4) is 0 Å². The van der Waals surface area contributed by atoms with Crippen molar-refractivity contribution in [2.75, 3.05) is 38.1 Å². The lowest BCUT2D eigenvalue weighted by Crippen LogP contribution is -2.41. The largest absolute Gasteiger partial charge is 0.481 e. The van der Waals surface area contributed by atoms with Crippen LogP contribution < -0.4 is 4.90 Å². The van der Waals surface area contributed by atoms with E-state index in [1.807, 2.05) is 4.90 Å². The quantitative estimate of drug-likeness (QED) is 0.696. The van der Waals surface area contributed by atoms with Gasteiger partial charge in [-0.15, -0.1) is 12.4 Å². The number of fused-ring (bicyclic) bond motifs is 1. The van der Waals surface area contributed by atoms with Crippen molar-refractivity contribution in [1.82, 2.24) is 9.80 Å². The molecule has 3 aliphatic rings. The summed E-state index contributed by atoms with van der Waals surface area (Å²) in [6.07, 6.45) is 6.13. The fourth-order valence-corrected chi connectivity index (χ4v) is 5.94. The van der Waals surface area contributed by atoms with E-state index in [-0.39, 0.29) is 30.3 Å². The summed E-state index contributed by atoms with van der Waals surface area (Å²) in [5, 5.41) is 8.91. The van der Waals surface area contributed by atoms with Crippen LogP contribution in [0.2, 0.25) is 0 Å². The van der Waals surface area contributed by atoms with Crippen molar-refractivity contribution < 1.29 is 14.7 Å². The summed E-state index contributed by atoms with van der Waals surface area (Å²) >= 11 is 0. The molecule has 0 radical (unpaired) electrons. The van der Waals surface area contributed by atoms with Crippen LogP contribution in [0.25, 0.3) is 0 Å². The lowest BCUT2D eigenvalue weighted by molar-refractivity contribution is -0.137. The number of benzene rings is 1. The molecule has 7 heteroatoms. The Bertz CT molecular complexity index is 836. The molecule has 0 unspecified atom stereocenters. The summed E-state index contributed by atoms with van der Waals surface area (Å²) in [5.41, 5.74) is 3.87. The number of aliphatic carboxylic acids is 1. The van der Waals surface area contributed by atoms with Gasteiger partial charge in [-0.1, -0.05) is 19.9 Å². The average Bonchev–Trinajstić information content (AvgIpc) is 3.06. The highest BCUT2D eigenvalue weighted by atomic mass is 35.5. The van der Waals surface area contributed by atoms with Crippen molar-refractivity contribution in [3.05, 3.63) is 29.3 Å². The van der Waals surface area contributed by atoms with Gasteiger partial charge in [0, 0.05) is 49.7 Å². The number of carboxylic acid groups (broad SMARTS) is 1. The number of urea groups is 1. The first-order valence-corrected chi connectivity index (χ1v) is 11.9. The van der Waals surface area contributed by atoms with E-state index >= 15 is 0 Å². The SMILES string of the molecule is CN1CCc2ccc(N3CCN([C@H]4CC[C@H](CCC(=O)O)CC4)C3=O)cc2C(C)(C)C1.Cl. The Hall–Kier alpha value is -1.79. The lowest BCUT2D eigenvalue weighted by atomic mass is 9.81. The molecule has 1 aliphatic carbocycles. The Morgan fingerprint density at radius 3 is 2.53 bits per heavy atom. The second-order valence-electron chi connectivity index (χ2n) is 10.4. The predicted molar refractivity (Wildman–Crippen MR) is 130 cm³/mol. The Balaban J connectivity index is 0.00000289. The zero-order chi connectivity index (χ0) is 22.2. The van der Waals surface area contributed by atoms with E-state index in [4.69, 9.17) is 5.11 Å². The van der Waals surface area contributed by atoms with Crippen molar-refractivity contribution in [1.29, 1.82) is 0 Å². The summed E-state index contributed by atoms with van der Waals surface area (Å²) in [6, 6.07) is 7.06. The Kier molecular flexibility index (Phi) is 7.77. The van der Waals surface area contributed by atoms with E-state index in [9.17, 15) is 9.59 Å². The number of carbonyl (C=O) groups is 2. The molecular formula is C25H38ClN3O3. The maximum absolute atomic E-state index is 13.3. The first-order chi connectivity index (χ1) is 14.7. The summed E-state index contributed by atoms with van der Waals surface area (Å²) in [4.78, 5) is 30.6. The molecule has 2 amide bonds. The summed E-state index contributed by atoms with van der Waals surface area (Å²) in [7, 11) is 2.19. The standard InChI is InChI=1S/C25H37N3O3.ClH/c1-25(2)17-26(3)13-12-19-7-10-21(16-22(19)25)28-15-14-27(24(28)31)20-8-4-18(5-9-20)6-11-23(29)30;/h7,10,16,18,20H,4-6,8-9,11-15,17H2,1-3H3,(H,29,30);1H/t18-,20-;. The minimum absolute atomic E-state index is 0. The number of carbonyl (C=O) groups excluding carboxylic acids is 1. The number of nitrogens with zero attached hydrogens (tertiary/aromatic N) is 3. The zero-order valence-electron chi connectivity index (χ0n) is 19.7. The third kappa shape index (κ3) is 5.23. The van der Waals surface area contributed by atoms with Crippen LogP contribution in [0.5, 0.6) is 0 Å². The molecule has 178 valence electrons. The highest BCUT2D eigenvalue weighted by Crippen LogP contribution is 2.36. The third-order valence-corrected chi connectivity index (χ3v) is 7.63. The van der Waals surface area contributed by atoms with Crippen LogP contribution in [-0.4, -0.2) is 66.2 Å². The molecule has 0 aromatic heterocycles. The van der Waals surface area contributed by atoms with E-state index in [2.05, 4.69) is 48.9 Å². The molecule has 4 rings (SSSR count). The number of amides is 2. The number of rotatable bonds is 5. The van der Waals surface area contributed by atoms with Crippen molar-refractivity contribution in [2.45, 2.75) is 70.3 Å². The Morgan fingerprint density at radius 2 is 1.84 bits per heavy atom. The molecule has 6 nitrogen and oxygen atoms in total. The van der Waals surface area contributed by atoms with Crippen LogP contribution in [0.3, 0.4) is 0 Å². The van der Waals surface area contributed by atoms with Gasteiger partial charge in [0.05, 0.1) is 0 Å². The van der Waals surface area contributed by atoms with Crippen LogP contribution in [0.15, 0.2) is 18.2 Å². The fourth-order valence-electron chi connectivity index (χ4n) is 5.94. The number of halogens is 1. The summed E-state index contributed by atoms with van der Waals surface area (Å²) in [6.45, 7) is 8.23. The van der Waals surface area contributed by atoms with Crippen LogP contribution in [0.1, 0.15) is 63.5 Å². The van der Waals surface area contributed by atoms with Gasteiger partial charge in [-0.25, -0.2) is 4.79 Å². The topological polar surface area (TPSA) is 64.1 Å². The van der Waals surface area contributed by atoms with Gasteiger partial charge in [0.15, 0.2) is 0 Å². The molecular weight excluding hydrogens is 426 g/mol. The average molecular weight is 464 g/mol. The molecule has 0 bridgehead atoms. The highest BCUT2D eigenvalue weighted by Gasteiger charge is 2.37. The van der Waals surface area contributed by atoms with Gasteiger partial charge >= 0.3 is 12.0 Å². The molecule has 2 aliphatic heterocycles. The number of anilines is 1. The highest BCUT2D eigenvalue weighted by molar-refractivity contribution is 5.94. The van der Waals surface area contributed by atoms with Crippen LogP contribution in [-0.2, 0) is 16.6 Å². The molecule has 1 aromatic rings. The van der Waals surface area contributed by atoms with Gasteiger partial charge < -0.3 is 14.9 Å². The Morgan fingerprint density at radius 1 is 1.12 bits per heavy atom. The first kappa shape index (κ1) is 24.8. The van der Waals surface area contributed by atoms with E-state index in [0.29, 0.717) is 12.0 Å². The molecule has 1 saturated heterocycles. The van der Waals surface area contributed by atoms with Gasteiger partial charge in [0.1, 0.15) is 0 Å². The first-order valence-electron chi connectivity index (χ1n) is 11.9. The Labute approximate surface area is 198 Å². The van der Waals surface area contributed by atoms with Gasteiger partial charge in [0.2, 0.25) is 0 Å². The molecule has 2 fully saturated rings. The second kappa shape index (κ2) is 10.0. The number of carboxylic acids is 1. The smallest absolute Gasteiger partial charge is 0.324 e. The van der Waals surface area contributed by atoms with Crippen LogP contribution in [0.4, 0.5) is 10.5 Å². The maximum Gasteiger partial charge on any atom is 0.324 e. The monoisotopic (exact) mass is 463 g/mol. The number of likely N-dealkylation sites (N-methyl/N-ethyl adjacent to an activating group) is 1. The zero-order valence-corrected chi connectivity index (χ0v) is 20.5. The molecule has 1 saturated carbocycles. The van der Waals surface area contributed by atoms with Gasteiger partial charge in [0.25, 0.3) is 0 Å². The second-order valence-corrected chi connectivity index (χ2v) is 10.4. The minimum atomic E-state index is -0.705. The van der Waals surface area contributed by atoms with E-state index in [1.54, 1.807) is 0 Å². The molecule has 0 spiro atoms. The molecule has 32 heavy (non-hydrogen) atoms. The van der Waals surface area contributed by atoms with E-state index in [0.717, 1.165) is 70.4 Å². The summed E-state index contributed by atoms with van der Waals surface area (Å²) < 4.78 is 0. The maximum atomic E-state index is 13.3. The predicted octanol–water partition coefficient (Wildman–Crippen LogP) is 4.54. The number of hydrogen-bond donors (Lipinski definition) is 1. The molecule has 0 atom stereocenters.